The molecule has 12 nitrogen and oxygen atoms in total. The van der Waals surface area contributed by atoms with Crippen LogP contribution in [0.4, 0.5) is 10.5 Å². The fourth-order valence-electron chi connectivity index (χ4n) is 5.78. The molecule has 3 aliphatic heterocycles. The minimum Gasteiger partial charge on any atom is -0.466 e. The number of benzene rings is 1. The van der Waals surface area contributed by atoms with Crippen molar-refractivity contribution in [1.29, 1.82) is 0 Å². The maximum atomic E-state index is 14.1. The summed E-state index contributed by atoms with van der Waals surface area (Å²) in [5, 5.41) is 14.2. The van der Waals surface area contributed by atoms with E-state index in [2.05, 4.69) is 5.32 Å². The Labute approximate surface area is 233 Å². The number of carbonyl (C=O) groups is 4. The largest absolute Gasteiger partial charge is 0.466 e. The van der Waals surface area contributed by atoms with Gasteiger partial charge in [-0.1, -0.05) is 26.0 Å². The van der Waals surface area contributed by atoms with Gasteiger partial charge in [0.1, 0.15) is 6.04 Å². The second kappa shape index (κ2) is 12.1. The summed E-state index contributed by atoms with van der Waals surface area (Å²) in [5.41, 5.74) is 1.11. The number of amides is 4. The molecule has 12 heteroatoms. The highest BCUT2D eigenvalue weighted by molar-refractivity contribution is 6.03. The third-order valence-corrected chi connectivity index (χ3v) is 7.76. The van der Waals surface area contributed by atoms with Gasteiger partial charge in [-0.05, 0) is 44.6 Å². The van der Waals surface area contributed by atoms with Gasteiger partial charge in [-0.25, -0.2) is 4.79 Å². The summed E-state index contributed by atoms with van der Waals surface area (Å²) in [7, 11) is 0. The predicted octanol–water partition coefficient (Wildman–Crippen LogP) is 2.99. The molecule has 1 fully saturated rings. The number of non-ortho nitro benzene ring substituents is 1. The Morgan fingerprint density at radius 3 is 2.48 bits per heavy atom. The zero-order valence-electron chi connectivity index (χ0n) is 23.4. The summed E-state index contributed by atoms with van der Waals surface area (Å²) >= 11 is 0. The highest BCUT2D eigenvalue weighted by Crippen LogP contribution is 2.38. The Kier molecular flexibility index (Phi) is 8.75. The number of carbonyl (C=O) groups excluding carboxylic acids is 4. The predicted molar refractivity (Wildman–Crippen MR) is 145 cm³/mol. The number of nitro benzene ring substituents is 1. The van der Waals surface area contributed by atoms with E-state index < -0.39 is 23.0 Å². The van der Waals surface area contributed by atoms with E-state index >= 15 is 0 Å². The Morgan fingerprint density at radius 1 is 1.18 bits per heavy atom. The highest BCUT2D eigenvalue weighted by atomic mass is 16.6. The molecule has 3 heterocycles. The van der Waals surface area contributed by atoms with E-state index in [1.807, 2.05) is 13.8 Å². The number of nitro groups is 1. The third kappa shape index (κ3) is 5.66. The number of hydrogen-bond donors (Lipinski definition) is 1. The van der Waals surface area contributed by atoms with Gasteiger partial charge in [0.2, 0.25) is 5.91 Å². The fraction of sp³-hybridized carbons (Fsp3) is 0.571. The molecule has 2 unspecified atom stereocenters. The molecule has 1 saturated heterocycles. The maximum absolute atomic E-state index is 14.1. The standard InChI is InChI=1S/C28H37N5O7/c1-5-31-22-16-32(21(14-17(3)4)25(34)30-12-10-18(11-13-30)27(36)40-6-2)26(35)23(22)24(29-28(31)37)19-8-7-9-20(15-19)33(38)39/h7-9,15,17-18,21,24H,5-6,10-14,16H2,1-4H3,(H,29,37). The normalized spacial score (nSPS) is 20.5. The van der Waals surface area contributed by atoms with Crippen molar-refractivity contribution in [2.45, 2.75) is 59.0 Å². The van der Waals surface area contributed by atoms with Crippen molar-refractivity contribution in [3.63, 3.8) is 0 Å². The molecule has 1 N–H and O–H groups in total. The summed E-state index contributed by atoms with van der Waals surface area (Å²) in [4.78, 5) is 68.8. The van der Waals surface area contributed by atoms with Gasteiger partial charge in [0, 0.05) is 31.8 Å². The van der Waals surface area contributed by atoms with Crippen molar-refractivity contribution in [1.82, 2.24) is 20.0 Å². The van der Waals surface area contributed by atoms with Gasteiger partial charge in [-0.2, -0.15) is 0 Å². The van der Waals surface area contributed by atoms with E-state index in [0.717, 1.165) is 0 Å². The van der Waals surface area contributed by atoms with Crippen LogP contribution in [0, 0.1) is 22.0 Å². The van der Waals surface area contributed by atoms with E-state index in [0.29, 0.717) is 62.3 Å². The molecular weight excluding hydrogens is 518 g/mol. The van der Waals surface area contributed by atoms with Crippen LogP contribution < -0.4 is 5.32 Å². The van der Waals surface area contributed by atoms with Crippen LogP contribution in [0.25, 0.3) is 0 Å². The molecule has 0 radical (unpaired) electrons. The lowest BCUT2D eigenvalue weighted by atomic mass is 9.94. The Balaban J connectivity index is 1.62. The topological polar surface area (TPSA) is 142 Å². The first-order valence-corrected chi connectivity index (χ1v) is 13.9. The average Bonchev–Trinajstić information content (AvgIpc) is 3.27. The Morgan fingerprint density at radius 2 is 1.88 bits per heavy atom. The van der Waals surface area contributed by atoms with Crippen LogP contribution in [0.3, 0.4) is 0 Å². The Bertz CT molecular complexity index is 1220. The van der Waals surface area contributed by atoms with E-state index in [1.165, 1.54) is 28.0 Å². The monoisotopic (exact) mass is 555 g/mol. The molecule has 2 atom stereocenters. The molecule has 4 rings (SSSR count). The van der Waals surface area contributed by atoms with E-state index in [9.17, 15) is 29.3 Å². The molecule has 40 heavy (non-hydrogen) atoms. The molecular formula is C28H37N5O7. The summed E-state index contributed by atoms with van der Waals surface area (Å²) in [5.74, 6) is -0.945. The maximum Gasteiger partial charge on any atom is 0.322 e. The molecule has 0 spiro atoms. The lowest BCUT2D eigenvalue weighted by Crippen LogP contribution is -2.52. The molecule has 3 aliphatic rings. The minimum absolute atomic E-state index is 0.0866. The number of rotatable bonds is 9. The molecule has 0 saturated carbocycles. The van der Waals surface area contributed by atoms with Gasteiger partial charge in [0.05, 0.1) is 41.3 Å². The zero-order chi connectivity index (χ0) is 29.1. The van der Waals surface area contributed by atoms with Crippen molar-refractivity contribution < 1.29 is 28.8 Å². The van der Waals surface area contributed by atoms with E-state index in [4.69, 9.17) is 4.74 Å². The van der Waals surface area contributed by atoms with Crippen molar-refractivity contribution in [3.05, 3.63) is 51.2 Å². The molecule has 216 valence electrons. The van der Waals surface area contributed by atoms with Crippen LogP contribution in [0.15, 0.2) is 35.5 Å². The summed E-state index contributed by atoms with van der Waals surface area (Å²) < 4.78 is 5.15. The fourth-order valence-corrected chi connectivity index (χ4v) is 5.78. The van der Waals surface area contributed by atoms with Gasteiger partial charge in [0.25, 0.3) is 11.6 Å². The quantitative estimate of drug-likeness (QED) is 0.280. The van der Waals surface area contributed by atoms with Crippen molar-refractivity contribution in [2.75, 3.05) is 32.8 Å². The van der Waals surface area contributed by atoms with Gasteiger partial charge >= 0.3 is 12.0 Å². The first-order chi connectivity index (χ1) is 19.1. The molecule has 0 aromatic heterocycles. The number of urea groups is 1. The first-order valence-electron chi connectivity index (χ1n) is 13.9. The number of nitrogens with one attached hydrogen (secondary N) is 1. The second-order valence-corrected chi connectivity index (χ2v) is 10.8. The average molecular weight is 556 g/mol. The highest BCUT2D eigenvalue weighted by Gasteiger charge is 2.48. The zero-order valence-corrected chi connectivity index (χ0v) is 23.4. The van der Waals surface area contributed by atoms with E-state index in [-0.39, 0.29) is 41.9 Å². The van der Waals surface area contributed by atoms with Gasteiger partial charge < -0.3 is 19.9 Å². The number of likely N-dealkylation sites (N-methyl/N-ethyl adjacent to an activating group) is 1. The number of likely N-dealkylation sites (tertiary alicyclic amines) is 1. The van der Waals surface area contributed by atoms with Crippen LogP contribution in [-0.4, -0.2) is 82.3 Å². The second-order valence-electron chi connectivity index (χ2n) is 10.8. The van der Waals surface area contributed by atoms with Crippen molar-refractivity contribution in [3.8, 4) is 0 Å². The smallest absolute Gasteiger partial charge is 0.322 e. The molecule has 1 aromatic rings. The van der Waals surface area contributed by atoms with Crippen molar-refractivity contribution >= 4 is 29.5 Å². The summed E-state index contributed by atoms with van der Waals surface area (Å²) in [6.45, 7) is 9.03. The lowest BCUT2D eigenvalue weighted by molar-refractivity contribution is -0.384. The third-order valence-electron chi connectivity index (χ3n) is 7.76. The summed E-state index contributed by atoms with van der Waals surface area (Å²) in [6.07, 6.45) is 1.43. The molecule has 4 amide bonds. The molecule has 0 bridgehead atoms. The molecule has 1 aromatic carbocycles. The SMILES string of the molecule is CCOC(=O)C1CCN(C(=O)C(CC(C)C)N2CC3=C(C2=O)C(c2cccc([N+](=O)[O-])c2)NC(=O)N3CC)CC1. The van der Waals surface area contributed by atoms with Crippen LogP contribution >= 0.6 is 0 Å². The van der Waals surface area contributed by atoms with Gasteiger partial charge in [-0.3, -0.25) is 29.4 Å². The van der Waals surface area contributed by atoms with Gasteiger partial charge in [0.15, 0.2) is 0 Å². The van der Waals surface area contributed by atoms with Crippen LogP contribution in [0.1, 0.15) is 58.6 Å². The number of ether oxygens (including phenoxy) is 1. The number of hydrogen-bond acceptors (Lipinski definition) is 7. The summed E-state index contributed by atoms with van der Waals surface area (Å²) in [6, 6.07) is 3.85. The van der Waals surface area contributed by atoms with Crippen LogP contribution in [0.2, 0.25) is 0 Å². The van der Waals surface area contributed by atoms with Crippen molar-refractivity contribution in [2.24, 2.45) is 11.8 Å². The van der Waals surface area contributed by atoms with Crippen LogP contribution in [-0.2, 0) is 19.1 Å². The number of nitrogens with zero attached hydrogens (tertiary/aromatic N) is 4. The van der Waals surface area contributed by atoms with Gasteiger partial charge in [-0.15, -0.1) is 0 Å². The Hall–Kier alpha value is -3.96. The van der Waals surface area contributed by atoms with E-state index in [1.54, 1.807) is 24.8 Å². The first kappa shape index (κ1) is 29.0. The van der Waals surface area contributed by atoms with Crippen LogP contribution in [0.5, 0.6) is 0 Å². The lowest BCUT2D eigenvalue weighted by Gasteiger charge is -2.37. The minimum atomic E-state index is -0.877. The number of esters is 1. The molecule has 0 aliphatic carbocycles. The number of piperidine rings is 1.